The fourth-order valence-electron chi connectivity index (χ4n) is 2.84. The number of phenols is 2. The van der Waals surface area contributed by atoms with Crippen LogP contribution < -0.4 is 0 Å². The van der Waals surface area contributed by atoms with Gasteiger partial charge in [0.1, 0.15) is 28.8 Å². The third-order valence-corrected chi connectivity index (χ3v) is 4.65. The number of aromatic hydroxyl groups is 2. The van der Waals surface area contributed by atoms with Crippen LogP contribution in [0.1, 0.15) is 0 Å². The number of hydrogen-bond donors (Lipinski definition) is 2. The highest BCUT2D eigenvalue weighted by Gasteiger charge is 2.22. The Morgan fingerprint density at radius 1 is 0.960 bits per heavy atom. The second-order valence-corrected chi connectivity index (χ2v) is 6.36. The fraction of sp³-hybridized carbons (Fsp3) is 0. The van der Waals surface area contributed by atoms with Gasteiger partial charge in [-0.2, -0.15) is 0 Å². The average Bonchev–Trinajstić information content (AvgIpc) is 2.99. The molecule has 4 nitrogen and oxygen atoms in total. The molecular formula is C19H12BrFN2O2. The summed E-state index contributed by atoms with van der Waals surface area (Å²) in [4.78, 5) is 4.54. The van der Waals surface area contributed by atoms with E-state index in [4.69, 9.17) is 0 Å². The molecule has 2 aromatic heterocycles. The van der Waals surface area contributed by atoms with Crippen molar-refractivity contribution in [3.8, 4) is 34.1 Å². The van der Waals surface area contributed by atoms with Crippen LogP contribution in [0.15, 0.2) is 65.3 Å². The lowest BCUT2D eigenvalue weighted by Crippen LogP contribution is -1.88. The zero-order valence-electron chi connectivity index (χ0n) is 12.8. The Labute approximate surface area is 151 Å². The molecule has 124 valence electrons. The first-order valence-corrected chi connectivity index (χ1v) is 8.30. The first kappa shape index (κ1) is 15.7. The van der Waals surface area contributed by atoms with E-state index in [2.05, 4.69) is 20.9 Å². The number of para-hydroxylation sites is 1. The molecule has 2 aromatic carbocycles. The van der Waals surface area contributed by atoms with Crippen LogP contribution in [-0.4, -0.2) is 19.6 Å². The van der Waals surface area contributed by atoms with Gasteiger partial charge in [-0.3, -0.25) is 4.40 Å². The van der Waals surface area contributed by atoms with Crippen LogP contribution in [0, 0.1) is 5.82 Å². The van der Waals surface area contributed by atoms with Gasteiger partial charge < -0.3 is 10.2 Å². The molecule has 4 aromatic rings. The van der Waals surface area contributed by atoms with Gasteiger partial charge >= 0.3 is 0 Å². The number of imidazole rings is 1. The van der Waals surface area contributed by atoms with Crippen LogP contribution in [0.4, 0.5) is 4.39 Å². The third kappa shape index (κ3) is 2.46. The van der Waals surface area contributed by atoms with Gasteiger partial charge in [-0.1, -0.05) is 18.2 Å². The summed E-state index contributed by atoms with van der Waals surface area (Å²) in [5.41, 5.74) is 1.45. The summed E-state index contributed by atoms with van der Waals surface area (Å²) in [7, 11) is 0. The van der Waals surface area contributed by atoms with Crippen molar-refractivity contribution in [2.75, 3.05) is 0 Å². The standard InChI is InChI=1S/C19H12BrFN2O2/c20-12-8-9-13(21)16(18(12)25)17-14-6-3-4-10-23(14)19(22-17)11-5-1-2-7-15(11)24/h1-10,24-25H. The van der Waals surface area contributed by atoms with Gasteiger partial charge in [0.25, 0.3) is 0 Å². The molecule has 0 bridgehead atoms. The SMILES string of the molecule is Oc1ccccc1-c1nc(-c2c(F)ccc(Br)c2O)c2ccccn12. The lowest BCUT2D eigenvalue weighted by molar-refractivity contribution is 0.468. The maximum Gasteiger partial charge on any atom is 0.149 e. The number of pyridine rings is 1. The number of hydrogen-bond acceptors (Lipinski definition) is 3. The van der Waals surface area contributed by atoms with Gasteiger partial charge in [0.2, 0.25) is 0 Å². The number of phenolic OH excluding ortho intramolecular Hbond substituents is 2. The normalized spacial score (nSPS) is 11.1. The van der Waals surface area contributed by atoms with Crippen molar-refractivity contribution in [1.82, 2.24) is 9.38 Å². The Bertz CT molecular complexity index is 1110. The van der Waals surface area contributed by atoms with Crippen molar-refractivity contribution >= 4 is 21.4 Å². The highest BCUT2D eigenvalue weighted by molar-refractivity contribution is 9.10. The molecule has 0 fully saturated rings. The lowest BCUT2D eigenvalue weighted by atomic mass is 10.1. The van der Waals surface area contributed by atoms with Crippen molar-refractivity contribution in [3.05, 3.63) is 71.1 Å². The summed E-state index contributed by atoms with van der Waals surface area (Å²) in [6.07, 6.45) is 1.78. The fourth-order valence-corrected chi connectivity index (χ4v) is 3.17. The average molecular weight is 399 g/mol. The molecule has 0 spiro atoms. The number of fused-ring (bicyclic) bond motifs is 1. The topological polar surface area (TPSA) is 57.8 Å². The van der Waals surface area contributed by atoms with E-state index in [0.717, 1.165) is 0 Å². The highest BCUT2D eigenvalue weighted by Crippen LogP contribution is 2.41. The molecule has 0 atom stereocenters. The molecule has 0 aliphatic carbocycles. The molecule has 25 heavy (non-hydrogen) atoms. The summed E-state index contributed by atoms with van der Waals surface area (Å²) in [5.74, 6) is -0.257. The van der Waals surface area contributed by atoms with E-state index in [1.165, 1.54) is 12.1 Å². The van der Waals surface area contributed by atoms with Gasteiger partial charge in [-0.15, -0.1) is 0 Å². The lowest BCUT2D eigenvalue weighted by Gasteiger charge is -2.06. The molecule has 0 aliphatic rings. The number of halogens is 2. The van der Waals surface area contributed by atoms with E-state index in [9.17, 15) is 14.6 Å². The van der Waals surface area contributed by atoms with E-state index in [-0.39, 0.29) is 17.1 Å². The first-order valence-electron chi connectivity index (χ1n) is 7.50. The van der Waals surface area contributed by atoms with Crippen LogP contribution in [0.3, 0.4) is 0 Å². The molecule has 2 N–H and O–H groups in total. The molecule has 6 heteroatoms. The predicted octanol–water partition coefficient (Wildman–Crippen LogP) is 4.98. The van der Waals surface area contributed by atoms with Crippen LogP contribution in [-0.2, 0) is 0 Å². The second kappa shape index (κ2) is 5.89. The Morgan fingerprint density at radius 3 is 2.52 bits per heavy atom. The Hall–Kier alpha value is -2.86. The van der Waals surface area contributed by atoms with Crippen LogP contribution in [0.2, 0.25) is 0 Å². The quantitative estimate of drug-likeness (QED) is 0.500. The number of aromatic nitrogens is 2. The zero-order valence-corrected chi connectivity index (χ0v) is 14.4. The van der Waals surface area contributed by atoms with Crippen molar-refractivity contribution in [3.63, 3.8) is 0 Å². The second-order valence-electron chi connectivity index (χ2n) is 5.51. The smallest absolute Gasteiger partial charge is 0.149 e. The highest BCUT2D eigenvalue weighted by atomic mass is 79.9. The third-order valence-electron chi connectivity index (χ3n) is 4.01. The van der Waals surface area contributed by atoms with Crippen molar-refractivity contribution < 1.29 is 14.6 Å². The summed E-state index contributed by atoms with van der Waals surface area (Å²) >= 11 is 3.21. The summed E-state index contributed by atoms with van der Waals surface area (Å²) in [6.45, 7) is 0. The Morgan fingerprint density at radius 2 is 1.72 bits per heavy atom. The van der Waals surface area contributed by atoms with E-state index in [1.807, 2.05) is 12.1 Å². The summed E-state index contributed by atoms with van der Waals surface area (Å²) in [5, 5.41) is 20.5. The minimum Gasteiger partial charge on any atom is -0.507 e. The summed E-state index contributed by atoms with van der Waals surface area (Å²) < 4.78 is 16.6. The van der Waals surface area contributed by atoms with Gasteiger partial charge in [0.05, 0.1) is 21.1 Å². The minimum absolute atomic E-state index is 0.0137. The number of rotatable bonds is 2. The van der Waals surface area contributed by atoms with Gasteiger partial charge in [-0.25, -0.2) is 9.37 Å². The Balaban J connectivity index is 2.09. The van der Waals surface area contributed by atoms with E-state index >= 15 is 0 Å². The van der Waals surface area contributed by atoms with E-state index < -0.39 is 5.82 Å². The predicted molar refractivity (Wildman–Crippen MR) is 97.1 cm³/mol. The van der Waals surface area contributed by atoms with Crippen LogP contribution in [0.25, 0.3) is 28.2 Å². The maximum atomic E-state index is 14.5. The molecule has 0 aliphatic heterocycles. The first-order chi connectivity index (χ1) is 12.1. The van der Waals surface area contributed by atoms with Crippen LogP contribution in [0.5, 0.6) is 11.5 Å². The van der Waals surface area contributed by atoms with Crippen molar-refractivity contribution in [2.24, 2.45) is 0 Å². The molecular weight excluding hydrogens is 387 g/mol. The number of nitrogens with zero attached hydrogens (tertiary/aromatic N) is 2. The monoisotopic (exact) mass is 398 g/mol. The van der Waals surface area contributed by atoms with E-state index in [0.29, 0.717) is 27.1 Å². The molecule has 0 radical (unpaired) electrons. The van der Waals surface area contributed by atoms with Gasteiger partial charge in [-0.05, 0) is 52.3 Å². The van der Waals surface area contributed by atoms with Gasteiger partial charge in [0, 0.05) is 6.20 Å². The van der Waals surface area contributed by atoms with Gasteiger partial charge in [0.15, 0.2) is 0 Å². The molecule has 0 amide bonds. The molecule has 4 rings (SSSR count). The minimum atomic E-state index is -0.576. The zero-order chi connectivity index (χ0) is 17.6. The number of benzene rings is 2. The van der Waals surface area contributed by atoms with Crippen LogP contribution >= 0.6 is 15.9 Å². The molecule has 0 unspecified atom stereocenters. The summed E-state index contributed by atoms with van der Waals surface area (Å²) in [6, 6.07) is 14.9. The molecule has 0 saturated carbocycles. The Kier molecular flexibility index (Phi) is 3.69. The largest absolute Gasteiger partial charge is 0.507 e. The maximum absolute atomic E-state index is 14.5. The molecule has 0 saturated heterocycles. The van der Waals surface area contributed by atoms with Crippen molar-refractivity contribution in [2.45, 2.75) is 0 Å². The van der Waals surface area contributed by atoms with E-state index in [1.54, 1.807) is 40.9 Å². The van der Waals surface area contributed by atoms with Crippen molar-refractivity contribution in [1.29, 1.82) is 0 Å². The molecule has 2 heterocycles.